The van der Waals surface area contributed by atoms with Gasteiger partial charge in [-0.05, 0) is 61.0 Å². The van der Waals surface area contributed by atoms with E-state index < -0.39 is 18.6 Å². The lowest BCUT2D eigenvalue weighted by Crippen LogP contribution is -2.37. The molecule has 4 aromatic rings. The number of hydrogen-bond acceptors (Lipinski definition) is 6. The van der Waals surface area contributed by atoms with E-state index in [1.807, 2.05) is 55.5 Å². The van der Waals surface area contributed by atoms with Crippen molar-refractivity contribution in [1.29, 1.82) is 0 Å². The number of carbonyl (C=O) groups is 2. The molecule has 0 radical (unpaired) electrons. The Morgan fingerprint density at radius 1 is 0.923 bits per heavy atom. The number of carboxylic acids is 1. The van der Waals surface area contributed by atoms with Gasteiger partial charge in [0.15, 0.2) is 0 Å². The number of carboxylic acid groups (broad SMARTS) is 1. The van der Waals surface area contributed by atoms with Crippen LogP contribution in [0.15, 0.2) is 95.4 Å². The molecule has 0 unspecified atom stereocenters. The highest BCUT2D eigenvalue weighted by Crippen LogP contribution is 2.26. The Morgan fingerprint density at radius 3 is 2.26 bits per heavy atom. The Morgan fingerprint density at radius 2 is 1.59 bits per heavy atom. The molecule has 0 saturated heterocycles. The zero-order valence-electron chi connectivity index (χ0n) is 21.7. The topological polar surface area (TPSA) is 98.4 Å². The quantitative estimate of drug-likeness (QED) is 0.240. The minimum absolute atomic E-state index is 0.0605. The third-order valence-corrected chi connectivity index (χ3v) is 5.80. The molecule has 0 atom stereocenters. The van der Waals surface area contributed by atoms with Crippen LogP contribution < -0.4 is 14.2 Å². The number of rotatable bonds is 11. The first-order chi connectivity index (χ1) is 18.9. The Kier molecular flexibility index (Phi) is 9.03. The summed E-state index contributed by atoms with van der Waals surface area (Å²) in [7, 11) is 1.53. The van der Waals surface area contributed by atoms with E-state index in [0.717, 1.165) is 33.1 Å². The number of carbonyl (C=O) groups excluding carboxylic acids is 1. The molecule has 0 spiro atoms. The summed E-state index contributed by atoms with van der Waals surface area (Å²) in [5.74, 6) is 2.04. The Hall–Kier alpha value is -4.98. The second-order valence-electron chi connectivity index (χ2n) is 8.64. The number of amides is 1. The third-order valence-electron chi connectivity index (χ3n) is 5.80. The highest BCUT2D eigenvalue weighted by Gasteiger charge is 2.19. The van der Waals surface area contributed by atoms with Crippen molar-refractivity contribution >= 4 is 18.1 Å². The number of aliphatic carboxylic acids is 1. The second kappa shape index (κ2) is 13.0. The number of benzene rings is 3. The molecule has 0 aliphatic rings. The van der Waals surface area contributed by atoms with Gasteiger partial charge in [0.1, 0.15) is 41.9 Å². The monoisotopic (exact) mass is 527 g/mol. The van der Waals surface area contributed by atoms with Gasteiger partial charge in [0, 0.05) is 17.7 Å². The molecular weight excluding hydrogens is 498 g/mol. The minimum Gasteiger partial charge on any atom is -0.497 e. The molecule has 8 heteroatoms. The van der Waals surface area contributed by atoms with E-state index >= 15 is 0 Å². The van der Waals surface area contributed by atoms with Gasteiger partial charge in [0.25, 0.3) is 0 Å². The maximum atomic E-state index is 12.6. The molecule has 0 saturated carbocycles. The maximum absolute atomic E-state index is 12.6. The van der Waals surface area contributed by atoms with Crippen molar-refractivity contribution < 1.29 is 33.3 Å². The summed E-state index contributed by atoms with van der Waals surface area (Å²) in [6, 6.07) is 25.5. The fourth-order valence-corrected chi connectivity index (χ4v) is 3.79. The van der Waals surface area contributed by atoms with Gasteiger partial charge in [-0.3, -0.25) is 9.69 Å². The van der Waals surface area contributed by atoms with Gasteiger partial charge in [0.2, 0.25) is 0 Å². The molecule has 0 bridgehead atoms. The minimum atomic E-state index is -1.14. The normalized spacial score (nSPS) is 10.8. The molecule has 200 valence electrons. The summed E-state index contributed by atoms with van der Waals surface area (Å²) in [4.78, 5) is 25.1. The molecule has 1 N–H and O–H groups in total. The van der Waals surface area contributed by atoms with Crippen LogP contribution in [0.5, 0.6) is 17.2 Å². The smallest absolute Gasteiger partial charge is 0.416 e. The van der Waals surface area contributed by atoms with Crippen molar-refractivity contribution in [2.24, 2.45) is 0 Å². The lowest BCUT2D eigenvalue weighted by molar-refractivity contribution is -0.138. The van der Waals surface area contributed by atoms with Crippen LogP contribution >= 0.6 is 0 Å². The van der Waals surface area contributed by atoms with E-state index in [-0.39, 0.29) is 12.3 Å². The van der Waals surface area contributed by atoms with E-state index in [2.05, 4.69) is 0 Å². The Labute approximate surface area is 226 Å². The molecule has 0 aliphatic heterocycles. The van der Waals surface area contributed by atoms with Crippen molar-refractivity contribution in [2.75, 3.05) is 20.3 Å². The predicted molar refractivity (Wildman–Crippen MR) is 147 cm³/mol. The molecule has 1 heterocycles. The number of hydrogen-bond donors (Lipinski definition) is 1. The van der Waals surface area contributed by atoms with Crippen molar-refractivity contribution in [2.45, 2.75) is 13.5 Å². The van der Waals surface area contributed by atoms with Gasteiger partial charge >= 0.3 is 12.1 Å². The summed E-state index contributed by atoms with van der Waals surface area (Å²) < 4.78 is 22.1. The fraction of sp³-hybridized carbons (Fsp3) is 0.161. The first-order valence-electron chi connectivity index (χ1n) is 12.3. The average molecular weight is 528 g/mol. The number of methoxy groups -OCH3 is 1. The van der Waals surface area contributed by atoms with E-state index in [1.165, 1.54) is 7.11 Å². The number of furan rings is 1. The molecule has 39 heavy (non-hydrogen) atoms. The third kappa shape index (κ3) is 7.75. The van der Waals surface area contributed by atoms with Crippen LogP contribution in [0.1, 0.15) is 16.9 Å². The lowest BCUT2D eigenvalue weighted by atomic mass is 10.1. The highest BCUT2D eigenvalue weighted by atomic mass is 16.6. The lowest BCUT2D eigenvalue weighted by Gasteiger charge is -2.20. The van der Waals surface area contributed by atoms with Crippen LogP contribution in [0.4, 0.5) is 4.79 Å². The molecule has 1 aromatic heterocycles. The maximum Gasteiger partial charge on any atom is 0.416 e. The number of nitrogens with zero attached hydrogens (tertiary/aromatic N) is 1. The van der Waals surface area contributed by atoms with E-state index in [4.69, 9.17) is 18.6 Å². The van der Waals surface area contributed by atoms with Crippen LogP contribution in [0.3, 0.4) is 0 Å². The van der Waals surface area contributed by atoms with Crippen molar-refractivity contribution in [3.05, 3.63) is 108 Å². The SMILES string of the molecule is COc1ccc(OC(=O)N(CC(=O)O)Cc2ccc(OCC=Cc3cc(-c4ccccc4)oc3C)cc2)cc1. The van der Waals surface area contributed by atoms with Gasteiger partial charge in [-0.1, -0.05) is 48.5 Å². The number of aryl methyl sites for hydroxylation is 1. The van der Waals surface area contributed by atoms with Crippen LogP contribution in [-0.4, -0.2) is 42.3 Å². The molecular formula is C31H29NO7. The summed E-state index contributed by atoms with van der Waals surface area (Å²) in [6.07, 6.45) is 3.10. The van der Waals surface area contributed by atoms with E-state index in [9.17, 15) is 14.7 Å². The average Bonchev–Trinajstić information content (AvgIpc) is 3.32. The van der Waals surface area contributed by atoms with E-state index in [0.29, 0.717) is 18.1 Å². The van der Waals surface area contributed by atoms with Crippen LogP contribution in [0.25, 0.3) is 17.4 Å². The largest absolute Gasteiger partial charge is 0.497 e. The van der Waals surface area contributed by atoms with Crippen molar-refractivity contribution in [3.63, 3.8) is 0 Å². The summed E-state index contributed by atoms with van der Waals surface area (Å²) in [5, 5.41) is 9.27. The number of ether oxygens (including phenoxy) is 3. The van der Waals surface area contributed by atoms with Crippen LogP contribution in [0, 0.1) is 6.92 Å². The van der Waals surface area contributed by atoms with Crippen molar-refractivity contribution in [1.82, 2.24) is 4.90 Å². The standard InChI is InChI=1S/C31H29NO7/c1-22-25(19-29(38-22)24-7-4-3-5-8-24)9-6-18-37-27-12-10-23(11-13-27)20-32(21-30(33)34)31(35)39-28-16-14-26(36-2)15-17-28/h3-17,19H,18,20-21H2,1-2H3,(H,33,34). The molecule has 1 amide bonds. The molecule has 3 aromatic carbocycles. The predicted octanol–water partition coefficient (Wildman–Crippen LogP) is 6.44. The van der Waals surface area contributed by atoms with Gasteiger partial charge in [-0.2, -0.15) is 0 Å². The van der Waals surface area contributed by atoms with Gasteiger partial charge < -0.3 is 23.7 Å². The van der Waals surface area contributed by atoms with Crippen LogP contribution in [0.2, 0.25) is 0 Å². The molecule has 0 aliphatic carbocycles. The van der Waals surface area contributed by atoms with E-state index in [1.54, 1.807) is 48.5 Å². The second-order valence-corrected chi connectivity index (χ2v) is 8.64. The Balaban J connectivity index is 1.31. The van der Waals surface area contributed by atoms with Gasteiger partial charge in [0.05, 0.1) is 7.11 Å². The first-order valence-corrected chi connectivity index (χ1v) is 12.3. The zero-order valence-corrected chi connectivity index (χ0v) is 21.7. The summed E-state index contributed by atoms with van der Waals surface area (Å²) in [6.45, 7) is 1.83. The van der Waals surface area contributed by atoms with Gasteiger partial charge in [-0.25, -0.2) is 4.79 Å². The van der Waals surface area contributed by atoms with Crippen LogP contribution in [-0.2, 0) is 11.3 Å². The summed E-state index contributed by atoms with van der Waals surface area (Å²) >= 11 is 0. The first kappa shape index (κ1) is 27.1. The fourth-order valence-electron chi connectivity index (χ4n) is 3.79. The van der Waals surface area contributed by atoms with Gasteiger partial charge in [-0.15, -0.1) is 0 Å². The molecule has 4 rings (SSSR count). The highest BCUT2D eigenvalue weighted by molar-refractivity contribution is 5.78. The van der Waals surface area contributed by atoms with Crippen molar-refractivity contribution in [3.8, 4) is 28.6 Å². The molecule has 8 nitrogen and oxygen atoms in total. The summed E-state index contributed by atoms with van der Waals surface area (Å²) in [5.41, 5.74) is 2.73. The Bertz CT molecular complexity index is 1410. The zero-order chi connectivity index (χ0) is 27.6. The molecule has 0 fully saturated rings.